The normalized spacial score (nSPS) is 16.1. The van der Waals surface area contributed by atoms with E-state index in [2.05, 4.69) is 0 Å². The number of carbonyl (C=O) groups excluding carboxylic acids is 2. The zero-order chi connectivity index (χ0) is 21.0. The van der Waals surface area contributed by atoms with Crippen molar-refractivity contribution < 1.29 is 19.1 Å². The van der Waals surface area contributed by atoms with Crippen molar-refractivity contribution in [3.05, 3.63) is 53.1 Å². The molecule has 154 valence electrons. The van der Waals surface area contributed by atoms with E-state index in [4.69, 9.17) is 21.1 Å². The second-order valence-corrected chi connectivity index (χ2v) is 7.36. The van der Waals surface area contributed by atoms with Gasteiger partial charge in [-0.25, -0.2) is 0 Å². The average Bonchev–Trinajstić information content (AvgIpc) is 3.13. The molecule has 0 aliphatic carbocycles. The van der Waals surface area contributed by atoms with Gasteiger partial charge in [0.1, 0.15) is 11.5 Å². The summed E-state index contributed by atoms with van der Waals surface area (Å²) in [5.41, 5.74) is 1.61. The van der Waals surface area contributed by atoms with Crippen LogP contribution in [0.2, 0.25) is 5.02 Å². The molecular weight excluding hydrogens is 392 g/mol. The van der Waals surface area contributed by atoms with E-state index >= 15 is 0 Å². The fourth-order valence-electron chi connectivity index (χ4n) is 3.53. The van der Waals surface area contributed by atoms with Crippen LogP contribution in [0.3, 0.4) is 0 Å². The molecule has 2 aromatic rings. The zero-order valence-corrected chi connectivity index (χ0v) is 17.6. The van der Waals surface area contributed by atoms with Crippen LogP contribution in [0, 0.1) is 5.92 Å². The largest absolute Gasteiger partial charge is 0.497 e. The molecule has 2 aromatic carbocycles. The number of carbonyl (C=O) groups is 2. The minimum Gasteiger partial charge on any atom is -0.497 e. The van der Waals surface area contributed by atoms with Crippen molar-refractivity contribution in [1.82, 2.24) is 4.90 Å². The van der Waals surface area contributed by atoms with Crippen molar-refractivity contribution in [2.45, 2.75) is 19.9 Å². The molecule has 3 rings (SSSR count). The number of hydrogen-bond donors (Lipinski definition) is 0. The Kier molecular flexibility index (Phi) is 6.64. The summed E-state index contributed by atoms with van der Waals surface area (Å²) >= 11 is 6.11. The second kappa shape index (κ2) is 9.18. The molecule has 0 bridgehead atoms. The molecular formula is C22H25ClN2O4. The van der Waals surface area contributed by atoms with E-state index in [0.717, 1.165) is 11.3 Å². The van der Waals surface area contributed by atoms with Crippen LogP contribution in [0.1, 0.15) is 18.9 Å². The lowest BCUT2D eigenvalue weighted by Gasteiger charge is -2.25. The Hall–Kier alpha value is -2.73. The Morgan fingerprint density at radius 3 is 2.52 bits per heavy atom. The highest BCUT2D eigenvalue weighted by Crippen LogP contribution is 2.35. The van der Waals surface area contributed by atoms with Gasteiger partial charge in [0.25, 0.3) is 0 Å². The quantitative estimate of drug-likeness (QED) is 0.689. The molecule has 1 fully saturated rings. The maximum absolute atomic E-state index is 13.1. The third kappa shape index (κ3) is 4.65. The molecule has 0 spiro atoms. The summed E-state index contributed by atoms with van der Waals surface area (Å²) < 4.78 is 10.5. The predicted molar refractivity (Wildman–Crippen MR) is 113 cm³/mol. The number of ether oxygens (including phenoxy) is 2. The Bertz CT molecular complexity index is 885. The molecule has 1 unspecified atom stereocenters. The summed E-state index contributed by atoms with van der Waals surface area (Å²) in [7, 11) is 3.16. The van der Waals surface area contributed by atoms with Crippen molar-refractivity contribution in [2.24, 2.45) is 5.92 Å². The van der Waals surface area contributed by atoms with Gasteiger partial charge in [-0.1, -0.05) is 23.7 Å². The van der Waals surface area contributed by atoms with Crippen LogP contribution in [-0.2, 0) is 16.1 Å². The monoisotopic (exact) mass is 416 g/mol. The lowest BCUT2D eigenvalue weighted by Crippen LogP contribution is -2.37. The standard InChI is InChI=1S/C22H25ClN2O4/c1-4-24(13-15-5-8-18(28-2)9-6-15)22(27)16-11-21(26)25(14-16)19-12-17(23)7-10-20(19)29-3/h5-10,12,16H,4,11,13-14H2,1-3H3. The van der Waals surface area contributed by atoms with Gasteiger partial charge in [-0.3, -0.25) is 9.59 Å². The number of rotatable bonds is 7. The molecule has 6 nitrogen and oxygen atoms in total. The van der Waals surface area contributed by atoms with Crippen molar-refractivity contribution in [3.8, 4) is 11.5 Å². The summed E-state index contributed by atoms with van der Waals surface area (Å²) in [6.45, 7) is 3.31. The number of halogens is 1. The molecule has 29 heavy (non-hydrogen) atoms. The van der Waals surface area contributed by atoms with Gasteiger partial charge in [-0.15, -0.1) is 0 Å². The molecule has 0 radical (unpaired) electrons. The van der Waals surface area contributed by atoms with Gasteiger partial charge in [0.05, 0.1) is 25.8 Å². The SMILES string of the molecule is CCN(Cc1ccc(OC)cc1)C(=O)C1CC(=O)N(c2cc(Cl)ccc2OC)C1. The number of hydrogen-bond acceptors (Lipinski definition) is 4. The van der Waals surface area contributed by atoms with Crippen LogP contribution in [0.5, 0.6) is 11.5 Å². The summed E-state index contributed by atoms with van der Waals surface area (Å²) in [4.78, 5) is 29.1. The van der Waals surface area contributed by atoms with Gasteiger partial charge in [0, 0.05) is 31.1 Å². The summed E-state index contributed by atoms with van der Waals surface area (Å²) in [5.74, 6) is 0.797. The molecule has 1 heterocycles. The van der Waals surface area contributed by atoms with Crippen molar-refractivity contribution in [1.29, 1.82) is 0 Å². The molecule has 1 atom stereocenters. The maximum Gasteiger partial charge on any atom is 0.228 e. The first-order valence-electron chi connectivity index (χ1n) is 9.52. The molecule has 0 aromatic heterocycles. The van der Waals surface area contributed by atoms with E-state index in [0.29, 0.717) is 36.1 Å². The number of benzene rings is 2. The number of anilines is 1. The smallest absolute Gasteiger partial charge is 0.228 e. The van der Waals surface area contributed by atoms with Crippen LogP contribution in [-0.4, -0.2) is 44.0 Å². The maximum atomic E-state index is 13.1. The molecule has 1 aliphatic rings. The Balaban J connectivity index is 1.73. The van der Waals surface area contributed by atoms with Gasteiger partial charge in [0.2, 0.25) is 11.8 Å². The third-order valence-electron chi connectivity index (χ3n) is 5.13. The summed E-state index contributed by atoms with van der Waals surface area (Å²) in [6.07, 6.45) is 0.174. The molecule has 0 N–H and O–H groups in total. The number of methoxy groups -OCH3 is 2. The minimum absolute atomic E-state index is 0.0276. The average molecular weight is 417 g/mol. The molecule has 2 amide bonds. The fourth-order valence-corrected chi connectivity index (χ4v) is 3.70. The van der Waals surface area contributed by atoms with Crippen molar-refractivity contribution >= 4 is 29.1 Å². The Labute approximate surface area is 176 Å². The molecule has 1 aliphatic heterocycles. The first-order valence-corrected chi connectivity index (χ1v) is 9.90. The lowest BCUT2D eigenvalue weighted by atomic mass is 10.1. The van der Waals surface area contributed by atoms with Crippen LogP contribution in [0.15, 0.2) is 42.5 Å². The Morgan fingerprint density at radius 1 is 1.17 bits per heavy atom. The van der Waals surface area contributed by atoms with Crippen LogP contribution >= 0.6 is 11.6 Å². The lowest BCUT2D eigenvalue weighted by molar-refractivity contribution is -0.136. The van der Waals surface area contributed by atoms with Crippen molar-refractivity contribution in [3.63, 3.8) is 0 Å². The van der Waals surface area contributed by atoms with E-state index in [1.807, 2.05) is 31.2 Å². The van der Waals surface area contributed by atoms with Gasteiger partial charge >= 0.3 is 0 Å². The van der Waals surface area contributed by atoms with Gasteiger partial charge in [0.15, 0.2) is 0 Å². The zero-order valence-electron chi connectivity index (χ0n) is 16.9. The molecule has 0 saturated carbocycles. The fraction of sp³-hybridized carbons (Fsp3) is 0.364. The van der Waals surface area contributed by atoms with Crippen LogP contribution in [0.25, 0.3) is 0 Å². The van der Waals surface area contributed by atoms with Gasteiger partial charge in [-0.05, 0) is 42.8 Å². The highest BCUT2D eigenvalue weighted by molar-refractivity contribution is 6.31. The molecule has 7 heteroatoms. The Morgan fingerprint density at radius 2 is 1.90 bits per heavy atom. The van der Waals surface area contributed by atoms with Crippen LogP contribution < -0.4 is 14.4 Å². The van der Waals surface area contributed by atoms with Crippen molar-refractivity contribution in [2.75, 3.05) is 32.2 Å². The summed E-state index contributed by atoms with van der Waals surface area (Å²) in [6, 6.07) is 12.8. The van der Waals surface area contributed by atoms with E-state index in [9.17, 15) is 9.59 Å². The van der Waals surface area contributed by atoms with Gasteiger partial charge < -0.3 is 19.3 Å². The van der Waals surface area contributed by atoms with E-state index in [1.54, 1.807) is 42.2 Å². The first-order chi connectivity index (χ1) is 14.0. The summed E-state index contributed by atoms with van der Waals surface area (Å²) in [5, 5.41) is 0.512. The van der Waals surface area contributed by atoms with E-state index < -0.39 is 5.92 Å². The number of nitrogens with zero attached hydrogens (tertiary/aromatic N) is 2. The third-order valence-corrected chi connectivity index (χ3v) is 5.37. The first kappa shape index (κ1) is 21.0. The van der Waals surface area contributed by atoms with Gasteiger partial charge in [-0.2, -0.15) is 0 Å². The van der Waals surface area contributed by atoms with E-state index in [1.165, 1.54) is 0 Å². The van der Waals surface area contributed by atoms with E-state index in [-0.39, 0.29) is 18.2 Å². The minimum atomic E-state index is -0.399. The predicted octanol–water partition coefficient (Wildman–Crippen LogP) is 3.76. The second-order valence-electron chi connectivity index (χ2n) is 6.92. The van der Waals surface area contributed by atoms with Crippen LogP contribution in [0.4, 0.5) is 5.69 Å². The molecule has 1 saturated heterocycles. The highest BCUT2D eigenvalue weighted by atomic mass is 35.5. The number of amides is 2. The highest BCUT2D eigenvalue weighted by Gasteiger charge is 2.38. The topological polar surface area (TPSA) is 59.1 Å².